The molecular weight excluding hydrogens is 474 g/mol. The summed E-state index contributed by atoms with van der Waals surface area (Å²) < 4.78 is 27.1. The van der Waals surface area contributed by atoms with E-state index in [-0.39, 0.29) is 24.1 Å². The van der Waals surface area contributed by atoms with Crippen molar-refractivity contribution in [3.05, 3.63) is 88.1 Å². The maximum atomic E-state index is 12.7. The Morgan fingerprint density at radius 2 is 1.89 bits per heavy atom. The van der Waals surface area contributed by atoms with Gasteiger partial charge in [-0.1, -0.05) is 29.8 Å². The Balaban J connectivity index is 1.39. The van der Waals surface area contributed by atoms with Gasteiger partial charge in [-0.3, -0.25) is 0 Å². The molecule has 35 heavy (non-hydrogen) atoms. The van der Waals surface area contributed by atoms with E-state index in [9.17, 15) is 9.59 Å². The minimum absolute atomic E-state index is 0.104. The van der Waals surface area contributed by atoms with Gasteiger partial charge in [-0.15, -0.1) is 0 Å². The van der Waals surface area contributed by atoms with Crippen molar-refractivity contribution < 1.29 is 33.3 Å². The van der Waals surface area contributed by atoms with Gasteiger partial charge in [0.15, 0.2) is 28.7 Å². The number of rotatable bonds is 6. The van der Waals surface area contributed by atoms with Crippen LogP contribution in [0.5, 0.6) is 23.0 Å². The largest absolute Gasteiger partial charge is 0.490 e. The Hall–Kier alpha value is -4.30. The molecule has 2 aliphatic heterocycles. The second-order valence-electron chi connectivity index (χ2n) is 7.41. The van der Waals surface area contributed by atoms with E-state index >= 15 is 0 Å². The van der Waals surface area contributed by atoms with Gasteiger partial charge in [-0.25, -0.2) is 14.6 Å². The topological polar surface area (TPSA) is 92.7 Å². The second-order valence-corrected chi connectivity index (χ2v) is 7.82. The molecule has 0 fully saturated rings. The quantitative estimate of drug-likeness (QED) is 0.271. The van der Waals surface area contributed by atoms with E-state index in [0.717, 1.165) is 0 Å². The molecule has 0 atom stereocenters. The van der Waals surface area contributed by atoms with Crippen LogP contribution in [-0.2, 0) is 9.53 Å². The van der Waals surface area contributed by atoms with Crippen LogP contribution in [0.25, 0.3) is 6.08 Å². The van der Waals surface area contributed by atoms with E-state index in [1.807, 2.05) is 6.92 Å². The van der Waals surface area contributed by atoms with Crippen molar-refractivity contribution in [3.63, 3.8) is 0 Å². The fourth-order valence-electron chi connectivity index (χ4n) is 3.47. The number of carbonyl (C=O) groups is 2. The molecule has 3 aromatic carbocycles. The van der Waals surface area contributed by atoms with Crippen LogP contribution in [0.4, 0.5) is 0 Å². The van der Waals surface area contributed by atoms with Gasteiger partial charge in [-0.2, -0.15) is 0 Å². The SMILES string of the molecule is CCOc1cc(/C=C2\N=C(c3ccccc3Cl)OC2=O)ccc1OC(=O)c1ccc2c(c1)OCO2. The second kappa shape index (κ2) is 9.52. The van der Waals surface area contributed by atoms with Crippen LogP contribution in [0.1, 0.15) is 28.4 Å². The van der Waals surface area contributed by atoms with Crippen molar-refractivity contribution in [2.24, 2.45) is 4.99 Å². The Morgan fingerprint density at radius 1 is 1.06 bits per heavy atom. The average molecular weight is 492 g/mol. The number of hydrogen-bond donors (Lipinski definition) is 0. The monoisotopic (exact) mass is 491 g/mol. The van der Waals surface area contributed by atoms with Gasteiger partial charge >= 0.3 is 11.9 Å². The van der Waals surface area contributed by atoms with Crippen LogP contribution >= 0.6 is 11.6 Å². The summed E-state index contributed by atoms with van der Waals surface area (Å²) in [5.74, 6) is 0.556. The molecule has 0 spiro atoms. The summed E-state index contributed by atoms with van der Waals surface area (Å²) in [6.07, 6.45) is 1.55. The van der Waals surface area contributed by atoms with Gasteiger partial charge in [0.1, 0.15) is 0 Å². The number of ether oxygens (including phenoxy) is 5. The highest BCUT2D eigenvalue weighted by molar-refractivity contribution is 6.34. The third-order valence-corrected chi connectivity index (χ3v) is 5.44. The summed E-state index contributed by atoms with van der Waals surface area (Å²) in [5.41, 5.74) is 1.53. The highest BCUT2D eigenvalue weighted by Crippen LogP contribution is 2.34. The first-order valence-corrected chi connectivity index (χ1v) is 11.1. The van der Waals surface area contributed by atoms with Crippen LogP contribution in [-0.4, -0.2) is 31.2 Å². The molecule has 0 bridgehead atoms. The molecule has 2 heterocycles. The number of carbonyl (C=O) groups excluding carboxylic acids is 2. The molecule has 3 aromatic rings. The van der Waals surface area contributed by atoms with E-state index in [1.165, 1.54) is 0 Å². The third kappa shape index (κ3) is 4.69. The number of nitrogens with zero attached hydrogens (tertiary/aromatic N) is 1. The Morgan fingerprint density at radius 3 is 2.71 bits per heavy atom. The third-order valence-electron chi connectivity index (χ3n) is 5.11. The van der Waals surface area contributed by atoms with Crippen molar-refractivity contribution in [2.45, 2.75) is 6.92 Å². The fraction of sp³-hybridized carbons (Fsp3) is 0.115. The number of benzene rings is 3. The van der Waals surface area contributed by atoms with Gasteiger partial charge in [0, 0.05) is 0 Å². The molecule has 0 saturated heterocycles. The first-order chi connectivity index (χ1) is 17.0. The molecule has 0 aromatic heterocycles. The molecule has 2 aliphatic rings. The molecule has 176 valence electrons. The Bertz CT molecular complexity index is 1400. The molecule has 0 amide bonds. The molecule has 0 radical (unpaired) electrons. The first kappa shape index (κ1) is 22.5. The molecular formula is C26H18ClNO7. The lowest BCUT2D eigenvalue weighted by molar-refractivity contribution is -0.129. The minimum Gasteiger partial charge on any atom is -0.490 e. The zero-order valence-electron chi connectivity index (χ0n) is 18.4. The van der Waals surface area contributed by atoms with Crippen LogP contribution in [0.2, 0.25) is 5.02 Å². The van der Waals surface area contributed by atoms with Crippen molar-refractivity contribution in [1.29, 1.82) is 0 Å². The van der Waals surface area contributed by atoms with Crippen LogP contribution < -0.4 is 18.9 Å². The number of cyclic esters (lactones) is 1. The Labute approximate surface area is 205 Å². The normalized spacial score (nSPS) is 15.1. The zero-order chi connectivity index (χ0) is 24.4. The van der Waals surface area contributed by atoms with E-state index in [2.05, 4.69) is 4.99 Å². The summed E-state index contributed by atoms with van der Waals surface area (Å²) in [6.45, 7) is 2.26. The molecule has 5 rings (SSSR count). The lowest BCUT2D eigenvalue weighted by Crippen LogP contribution is -2.09. The van der Waals surface area contributed by atoms with Crippen LogP contribution in [0.15, 0.2) is 71.4 Å². The van der Waals surface area contributed by atoms with Crippen molar-refractivity contribution in [3.8, 4) is 23.0 Å². The van der Waals surface area contributed by atoms with Crippen molar-refractivity contribution in [1.82, 2.24) is 0 Å². The molecule has 0 aliphatic carbocycles. The molecule has 9 heteroatoms. The number of esters is 2. The highest BCUT2D eigenvalue weighted by atomic mass is 35.5. The molecule has 8 nitrogen and oxygen atoms in total. The van der Waals surface area contributed by atoms with E-state index in [4.69, 9.17) is 35.3 Å². The zero-order valence-corrected chi connectivity index (χ0v) is 19.2. The van der Waals surface area contributed by atoms with Crippen molar-refractivity contribution in [2.75, 3.05) is 13.4 Å². The predicted molar refractivity (Wildman–Crippen MR) is 127 cm³/mol. The number of hydrogen-bond acceptors (Lipinski definition) is 8. The average Bonchev–Trinajstić information content (AvgIpc) is 3.47. The first-order valence-electron chi connectivity index (χ1n) is 10.7. The van der Waals surface area contributed by atoms with Crippen LogP contribution in [0, 0.1) is 0 Å². The number of fused-ring (bicyclic) bond motifs is 1. The summed E-state index contributed by atoms with van der Waals surface area (Å²) in [5, 5.41) is 0.424. The highest BCUT2D eigenvalue weighted by Gasteiger charge is 2.26. The van der Waals surface area contributed by atoms with Crippen LogP contribution in [0.3, 0.4) is 0 Å². The molecule has 0 saturated carbocycles. The molecule has 0 N–H and O–H groups in total. The number of aliphatic imine (C=N–C) groups is 1. The molecule has 0 unspecified atom stereocenters. The minimum atomic E-state index is -0.601. The van der Waals surface area contributed by atoms with Gasteiger partial charge in [-0.05, 0) is 61.0 Å². The van der Waals surface area contributed by atoms with Gasteiger partial charge in [0.2, 0.25) is 12.7 Å². The van der Waals surface area contributed by atoms with Crippen molar-refractivity contribution >= 4 is 35.5 Å². The lowest BCUT2D eigenvalue weighted by Gasteiger charge is -2.11. The van der Waals surface area contributed by atoms with E-state index < -0.39 is 11.9 Å². The Kier molecular flexibility index (Phi) is 6.12. The summed E-state index contributed by atoms with van der Waals surface area (Å²) in [4.78, 5) is 29.3. The summed E-state index contributed by atoms with van der Waals surface area (Å²) >= 11 is 6.18. The van der Waals surface area contributed by atoms with Gasteiger partial charge < -0.3 is 23.7 Å². The standard InChI is InChI=1S/C26H18ClNO7/c1-2-31-22-12-15(11-19-26(30)35-24(28-19)17-5-3-4-6-18(17)27)7-9-21(22)34-25(29)16-8-10-20-23(13-16)33-14-32-20/h3-13H,2,14H2,1H3/b19-11-. The number of halogens is 1. The predicted octanol–water partition coefficient (Wildman–Crippen LogP) is 5.03. The lowest BCUT2D eigenvalue weighted by atomic mass is 10.1. The van der Waals surface area contributed by atoms with Gasteiger partial charge in [0.05, 0.1) is 22.8 Å². The van der Waals surface area contributed by atoms with E-state index in [1.54, 1.807) is 66.7 Å². The summed E-state index contributed by atoms with van der Waals surface area (Å²) in [7, 11) is 0. The van der Waals surface area contributed by atoms with E-state index in [0.29, 0.717) is 45.6 Å². The maximum Gasteiger partial charge on any atom is 0.363 e. The smallest absolute Gasteiger partial charge is 0.363 e. The maximum absolute atomic E-state index is 12.7. The van der Waals surface area contributed by atoms with Gasteiger partial charge in [0.25, 0.3) is 0 Å². The fourth-order valence-corrected chi connectivity index (χ4v) is 3.68. The summed E-state index contributed by atoms with van der Waals surface area (Å²) in [6, 6.07) is 16.7.